The number of aryl methyl sites for hydroxylation is 1. The quantitative estimate of drug-likeness (QED) is 0.690. The fourth-order valence-electron chi connectivity index (χ4n) is 2.18. The van der Waals surface area contributed by atoms with E-state index in [9.17, 15) is 14.9 Å². The van der Waals surface area contributed by atoms with Gasteiger partial charge in [-0.25, -0.2) is 4.98 Å². The molecule has 0 radical (unpaired) electrons. The molecule has 8 heteroatoms. The number of carbonyl (C=O) groups is 1. The van der Waals surface area contributed by atoms with E-state index in [1.165, 1.54) is 0 Å². The molecule has 1 amide bonds. The van der Waals surface area contributed by atoms with Crippen molar-refractivity contribution in [1.82, 2.24) is 9.55 Å². The molecule has 2 unspecified atom stereocenters. The van der Waals surface area contributed by atoms with Crippen LogP contribution in [0.5, 0.6) is 0 Å². The first-order valence-corrected chi connectivity index (χ1v) is 6.41. The number of nitro groups is 1. The summed E-state index contributed by atoms with van der Waals surface area (Å²) in [6.45, 7) is 0. The fraction of sp³-hybridized carbons (Fsp3) is 0.333. The summed E-state index contributed by atoms with van der Waals surface area (Å²) in [6.07, 6.45) is 0.286. The maximum atomic E-state index is 11.9. The zero-order chi connectivity index (χ0) is 14.4. The molecule has 0 spiro atoms. The minimum Gasteiger partial charge on any atom is -0.313 e. The van der Waals surface area contributed by atoms with Crippen LogP contribution in [0.2, 0.25) is 5.02 Å². The molecule has 1 N–H and O–H groups in total. The van der Waals surface area contributed by atoms with Gasteiger partial charge in [0.2, 0.25) is 17.9 Å². The predicted molar refractivity (Wildman–Crippen MR) is 73.2 cm³/mol. The molecule has 1 aromatic carbocycles. The first kappa shape index (κ1) is 12.9. The second-order valence-electron chi connectivity index (χ2n) is 4.81. The Bertz CT molecular complexity index is 727. The molecule has 7 nitrogen and oxygen atoms in total. The molecule has 2 atom stereocenters. The fourth-order valence-corrected chi connectivity index (χ4v) is 2.35. The third-order valence-electron chi connectivity index (χ3n) is 3.44. The van der Waals surface area contributed by atoms with E-state index >= 15 is 0 Å². The van der Waals surface area contributed by atoms with Crippen molar-refractivity contribution in [2.45, 2.75) is 12.5 Å². The lowest BCUT2D eigenvalue weighted by Crippen LogP contribution is -2.20. The lowest BCUT2D eigenvalue weighted by molar-refractivity contribution is -0.497. The SMILES string of the molecule is Cn1c(NC(=O)C2CC2[N+](=O)[O-])nc2cc(Cl)ccc21. The number of aromatic nitrogens is 2. The molecule has 1 aliphatic rings. The van der Waals surface area contributed by atoms with E-state index in [0.29, 0.717) is 16.5 Å². The Morgan fingerprint density at radius 2 is 2.35 bits per heavy atom. The number of anilines is 1. The van der Waals surface area contributed by atoms with E-state index in [2.05, 4.69) is 10.3 Å². The number of imidazole rings is 1. The Balaban J connectivity index is 1.83. The molecule has 1 aromatic heterocycles. The number of hydrogen-bond acceptors (Lipinski definition) is 4. The lowest BCUT2D eigenvalue weighted by atomic mass is 10.3. The zero-order valence-electron chi connectivity index (χ0n) is 10.5. The van der Waals surface area contributed by atoms with Crippen LogP contribution in [-0.4, -0.2) is 26.4 Å². The monoisotopic (exact) mass is 294 g/mol. The van der Waals surface area contributed by atoms with Gasteiger partial charge in [0.15, 0.2) is 0 Å². The maximum absolute atomic E-state index is 11.9. The number of nitrogens with one attached hydrogen (secondary N) is 1. The van der Waals surface area contributed by atoms with Crippen molar-refractivity contribution in [3.05, 3.63) is 33.3 Å². The van der Waals surface area contributed by atoms with E-state index in [4.69, 9.17) is 11.6 Å². The molecule has 0 bridgehead atoms. The summed E-state index contributed by atoms with van der Waals surface area (Å²) in [4.78, 5) is 26.3. The van der Waals surface area contributed by atoms with Crippen molar-refractivity contribution in [2.24, 2.45) is 13.0 Å². The van der Waals surface area contributed by atoms with Gasteiger partial charge in [-0.2, -0.15) is 0 Å². The standard InChI is InChI=1S/C12H11ClN4O3/c1-16-9-3-2-6(13)4-8(9)14-12(16)15-11(18)7-5-10(7)17(19)20/h2-4,7,10H,5H2,1H3,(H,14,15,18). The summed E-state index contributed by atoms with van der Waals surface area (Å²) in [5, 5.41) is 13.8. The van der Waals surface area contributed by atoms with Crippen LogP contribution >= 0.6 is 11.6 Å². The Labute approximate surface area is 118 Å². The maximum Gasteiger partial charge on any atom is 0.237 e. The van der Waals surface area contributed by atoms with E-state index in [1.54, 1.807) is 29.8 Å². The van der Waals surface area contributed by atoms with Crippen molar-refractivity contribution < 1.29 is 9.72 Å². The van der Waals surface area contributed by atoms with Crippen molar-refractivity contribution >= 4 is 34.5 Å². The molecule has 1 aliphatic carbocycles. The smallest absolute Gasteiger partial charge is 0.237 e. The van der Waals surface area contributed by atoms with Gasteiger partial charge in [-0.1, -0.05) is 11.6 Å². The van der Waals surface area contributed by atoms with Crippen LogP contribution in [-0.2, 0) is 11.8 Å². The van der Waals surface area contributed by atoms with E-state index in [-0.39, 0.29) is 12.3 Å². The number of nitrogens with zero attached hydrogens (tertiary/aromatic N) is 3. The Morgan fingerprint density at radius 3 is 3.00 bits per heavy atom. The van der Waals surface area contributed by atoms with Gasteiger partial charge in [0, 0.05) is 23.4 Å². The molecule has 1 saturated carbocycles. The first-order valence-electron chi connectivity index (χ1n) is 6.03. The highest BCUT2D eigenvalue weighted by Gasteiger charge is 2.53. The van der Waals surface area contributed by atoms with Crippen LogP contribution in [0.1, 0.15) is 6.42 Å². The molecular formula is C12H11ClN4O3. The van der Waals surface area contributed by atoms with Gasteiger partial charge in [0.1, 0.15) is 5.92 Å². The highest BCUT2D eigenvalue weighted by molar-refractivity contribution is 6.31. The topological polar surface area (TPSA) is 90.1 Å². The van der Waals surface area contributed by atoms with Crippen LogP contribution in [0, 0.1) is 16.0 Å². The van der Waals surface area contributed by atoms with Gasteiger partial charge in [0.05, 0.1) is 11.0 Å². The lowest BCUT2D eigenvalue weighted by Gasteiger charge is -2.03. The number of amides is 1. The summed E-state index contributed by atoms with van der Waals surface area (Å²) in [7, 11) is 1.76. The second-order valence-corrected chi connectivity index (χ2v) is 5.25. The summed E-state index contributed by atoms with van der Waals surface area (Å²) in [5.74, 6) is -0.564. The number of hydrogen-bond donors (Lipinski definition) is 1. The zero-order valence-corrected chi connectivity index (χ0v) is 11.3. The van der Waals surface area contributed by atoms with Crippen LogP contribution in [0.3, 0.4) is 0 Å². The van der Waals surface area contributed by atoms with Gasteiger partial charge >= 0.3 is 0 Å². The minimum absolute atomic E-state index is 0.286. The van der Waals surface area contributed by atoms with Crippen LogP contribution < -0.4 is 5.32 Å². The summed E-state index contributed by atoms with van der Waals surface area (Å²) < 4.78 is 1.72. The number of fused-ring (bicyclic) bond motifs is 1. The third kappa shape index (κ3) is 2.09. The van der Waals surface area contributed by atoms with Gasteiger partial charge in [-0.3, -0.25) is 20.2 Å². The predicted octanol–water partition coefficient (Wildman–Crippen LogP) is 1.83. The van der Waals surface area contributed by atoms with Crippen molar-refractivity contribution in [3.63, 3.8) is 0 Å². The van der Waals surface area contributed by atoms with E-state index < -0.39 is 16.9 Å². The minimum atomic E-state index is -0.765. The van der Waals surface area contributed by atoms with Crippen molar-refractivity contribution in [3.8, 4) is 0 Å². The second kappa shape index (κ2) is 4.45. The van der Waals surface area contributed by atoms with E-state index in [0.717, 1.165) is 5.52 Å². The third-order valence-corrected chi connectivity index (χ3v) is 3.68. The van der Waals surface area contributed by atoms with Crippen LogP contribution in [0.4, 0.5) is 5.95 Å². The molecule has 1 fully saturated rings. The first-order chi connectivity index (χ1) is 9.47. The molecule has 104 valence electrons. The molecule has 1 heterocycles. The van der Waals surface area contributed by atoms with E-state index in [1.807, 2.05) is 0 Å². The summed E-state index contributed by atoms with van der Waals surface area (Å²) >= 11 is 5.89. The van der Waals surface area contributed by atoms with Crippen molar-refractivity contribution in [1.29, 1.82) is 0 Å². The molecule has 0 saturated heterocycles. The molecule has 0 aliphatic heterocycles. The Morgan fingerprint density at radius 1 is 1.60 bits per heavy atom. The van der Waals surface area contributed by atoms with Gasteiger partial charge in [0.25, 0.3) is 0 Å². The number of halogens is 1. The van der Waals surface area contributed by atoms with Crippen LogP contribution in [0.15, 0.2) is 18.2 Å². The van der Waals surface area contributed by atoms with Gasteiger partial charge in [-0.05, 0) is 18.2 Å². The average Bonchev–Trinajstić information content (AvgIpc) is 3.12. The van der Waals surface area contributed by atoms with Gasteiger partial charge in [-0.15, -0.1) is 0 Å². The molecular weight excluding hydrogens is 284 g/mol. The molecule has 3 rings (SSSR count). The molecule has 20 heavy (non-hydrogen) atoms. The number of rotatable bonds is 3. The Kier molecular flexibility index (Phi) is 2.86. The normalized spacial score (nSPS) is 20.9. The summed E-state index contributed by atoms with van der Waals surface area (Å²) in [5.41, 5.74) is 1.49. The number of benzene rings is 1. The summed E-state index contributed by atoms with van der Waals surface area (Å²) in [6, 6.07) is 4.47. The largest absolute Gasteiger partial charge is 0.313 e. The highest BCUT2D eigenvalue weighted by atomic mass is 35.5. The number of carbonyl (C=O) groups excluding carboxylic acids is 1. The van der Waals surface area contributed by atoms with Crippen molar-refractivity contribution in [2.75, 3.05) is 5.32 Å². The highest BCUT2D eigenvalue weighted by Crippen LogP contribution is 2.34. The van der Waals surface area contributed by atoms with Gasteiger partial charge < -0.3 is 4.57 Å². The van der Waals surface area contributed by atoms with Crippen LogP contribution in [0.25, 0.3) is 11.0 Å². The Hall–Kier alpha value is -2.15. The average molecular weight is 295 g/mol. The molecule has 2 aromatic rings.